The van der Waals surface area contributed by atoms with Crippen LogP contribution in [-0.2, 0) is 7.05 Å². The van der Waals surface area contributed by atoms with E-state index in [9.17, 15) is 4.79 Å². The van der Waals surface area contributed by atoms with E-state index in [-0.39, 0.29) is 0 Å². The second-order valence-electron chi connectivity index (χ2n) is 3.29. The molecule has 4 N–H and O–H groups in total. The summed E-state index contributed by atoms with van der Waals surface area (Å²) in [5.41, 5.74) is 13.0. The molecule has 4 heteroatoms. The third kappa shape index (κ3) is 1.12. The molecule has 0 spiro atoms. The lowest BCUT2D eigenvalue weighted by Crippen LogP contribution is -2.10. The van der Waals surface area contributed by atoms with Crippen molar-refractivity contribution in [1.29, 1.82) is 0 Å². The van der Waals surface area contributed by atoms with Gasteiger partial charge in [-0.25, -0.2) is 0 Å². The van der Waals surface area contributed by atoms with Gasteiger partial charge in [0.25, 0.3) is 5.91 Å². The number of nitrogens with zero attached hydrogens (tertiary/aromatic N) is 1. The van der Waals surface area contributed by atoms with Gasteiger partial charge in [-0.1, -0.05) is 0 Å². The molecule has 14 heavy (non-hydrogen) atoms. The van der Waals surface area contributed by atoms with Crippen molar-refractivity contribution in [2.45, 2.75) is 0 Å². The minimum absolute atomic E-state index is 0.429. The van der Waals surface area contributed by atoms with Crippen molar-refractivity contribution in [2.75, 3.05) is 5.73 Å². The van der Waals surface area contributed by atoms with E-state index in [4.69, 9.17) is 11.5 Å². The first-order valence-electron chi connectivity index (χ1n) is 4.24. The number of hydrogen-bond acceptors (Lipinski definition) is 2. The molecule has 0 atom stereocenters. The van der Waals surface area contributed by atoms with Crippen LogP contribution in [0, 0.1) is 0 Å². The van der Waals surface area contributed by atoms with Crippen LogP contribution in [0.3, 0.4) is 0 Å². The molecule has 0 radical (unpaired) electrons. The molecule has 0 unspecified atom stereocenters. The standard InChI is InChI=1S/C10H11N3O/c1-13-5-8(10(12)14)7-4-6(11)2-3-9(7)13/h2-5H,11H2,1H3,(H2,12,14). The Morgan fingerprint density at radius 1 is 1.43 bits per heavy atom. The second kappa shape index (κ2) is 2.77. The first-order chi connectivity index (χ1) is 6.59. The van der Waals surface area contributed by atoms with Gasteiger partial charge in [0.1, 0.15) is 0 Å². The summed E-state index contributed by atoms with van der Waals surface area (Å²) < 4.78 is 1.86. The number of fused-ring (bicyclic) bond motifs is 1. The SMILES string of the molecule is Cn1cc(C(N)=O)c2cc(N)ccc21. The highest BCUT2D eigenvalue weighted by atomic mass is 16.1. The summed E-state index contributed by atoms with van der Waals surface area (Å²) in [4.78, 5) is 11.1. The number of rotatable bonds is 1. The van der Waals surface area contributed by atoms with E-state index in [2.05, 4.69) is 0 Å². The number of amides is 1. The predicted molar refractivity (Wildman–Crippen MR) is 55.8 cm³/mol. The molecule has 1 aromatic carbocycles. The molecule has 0 bridgehead atoms. The smallest absolute Gasteiger partial charge is 0.250 e. The number of aryl methyl sites for hydroxylation is 1. The Bertz CT molecular complexity index is 513. The Morgan fingerprint density at radius 3 is 2.79 bits per heavy atom. The van der Waals surface area contributed by atoms with Crippen molar-refractivity contribution in [3.8, 4) is 0 Å². The van der Waals surface area contributed by atoms with Gasteiger partial charge in [0.05, 0.1) is 5.56 Å². The maximum absolute atomic E-state index is 11.1. The fraction of sp³-hybridized carbons (Fsp3) is 0.100. The summed E-state index contributed by atoms with van der Waals surface area (Å²) in [6.07, 6.45) is 1.71. The Hall–Kier alpha value is -1.97. The zero-order valence-electron chi connectivity index (χ0n) is 7.82. The Labute approximate surface area is 81.1 Å². The van der Waals surface area contributed by atoms with Crippen LogP contribution < -0.4 is 11.5 Å². The van der Waals surface area contributed by atoms with Crippen molar-refractivity contribution < 1.29 is 4.79 Å². The minimum Gasteiger partial charge on any atom is -0.399 e. The highest BCUT2D eigenvalue weighted by molar-refractivity contribution is 6.06. The normalized spacial score (nSPS) is 10.6. The van der Waals surface area contributed by atoms with Crippen LogP contribution in [0.25, 0.3) is 10.9 Å². The molecule has 4 nitrogen and oxygen atoms in total. The number of anilines is 1. The number of primary amides is 1. The zero-order chi connectivity index (χ0) is 10.3. The Balaban J connectivity index is 2.85. The average molecular weight is 189 g/mol. The second-order valence-corrected chi connectivity index (χ2v) is 3.29. The number of benzene rings is 1. The van der Waals surface area contributed by atoms with Crippen LogP contribution in [0.2, 0.25) is 0 Å². The molecule has 72 valence electrons. The van der Waals surface area contributed by atoms with Crippen molar-refractivity contribution in [3.63, 3.8) is 0 Å². The molecule has 0 fully saturated rings. The molecule has 2 rings (SSSR count). The maximum atomic E-state index is 11.1. The summed E-state index contributed by atoms with van der Waals surface area (Å²) in [5, 5.41) is 0.806. The topological polar surface area (TPSA) is 74.0 Å². The van der Waals surface area contributed by atoms with Gasteiger partial charge in [-0.05, 0) is 18.2 Å². The van der Waals surface area contributed by atoms with E-state index in [1.54, 1.807) is 18.3 Å². The van der Waals surface area contributed by atoms with Gasteiger partial charge in [0, 0.05) is 29.8 Å². The Kier molecular flexibility index (Phi) is 1.70. The maximum Gasteiger partial charge on any atom is 0.250 e. The molecule has 1 aromatic heterocycles. The van der Waals surface area contributed by atoms with Crippen LogP contribution in [0.5, 0.6) is 0 Å². The van der Waals surface area contributed by atoms with Gasteiger partial charge < -0.3 is 16.0 Å². The van der Waals surface area contributed by atoms with Gasteiger partial charge in [0.15, 0.2) is 0 Å². The molecular formula is C10H11N3O. The van der Waals surface area contributed by atoms with Gasteiger partial charge >= 0.3 is 0 Å². The monoisotopic (exact) mass is 189 g/mol. The molecule has 0 saturated carbocycles. The van der Waals surface area contributed by atoms with E-state index in [0.29, 0.717) is 11.3 Å². The number of aromatic nitrogens is 1. The molecule has 1 amide bonds. The first-order valence-corrected chi connectivity index (χ1v) is 4.24. The summed E-state index contributed by atoms with van der Waals surface area (Å²) in [5.74, 6) is -0.429. The highest BCUT2D eigenvalue weighted by Gasteiger charge is 2.10. The molecule has 0 aliphatic rings. The van der Waals surface area contributed by atoms with E-state index in [0.717, 1.165) is 10.9 Å². The summed E-state index contributed by atoms with van der Waals surface area (Å²) in [7, 11) is 1.87. The fourth-order valence-electron chi connectivity index (χ4n) is 1.61. The number of carbonyl (C=O) groups excluding carboxylic acids is 1. The predicted octanol–water partition coefficient (Wildman–Crippen LogP) is 0.859. The van der Waals surface area contributed by atoms with Gasteiger partial charge in [-0.15, -0.1) is 0 Å². The van der Waals surface area contributed by atoms with Gasteiger partial charge in [-0.2, -0.15) is 0 Å². The fourth-order valence-corrected chi connectivity index (χ4v) is 1.61. The third-order valence-corrected chi connectivity index (χ3v) is 2.28. The van der Waals surface area contributed by atoms with Gasteiger partial charge in [-0.3, -0.25) is 4.79 Å². The zero-order valence-corrected chi connectivity index (χ0v) is 7.82. The largest absolute Gasteiger partial charge is 0.399 e. The highest BCUT2D eigenvalue weighted by Crippen LogP contribution is 2.22. The molecular weight excluding hydrogens is 178 g/mol. The van der Waals surface area contributed by atoms with E-state index in [1.807, 2.05) is 17.7 Å². The van der Waals surface area contributed by atoms with Crippen molar-refractivity contribution in [3.05, 3.63) is 30.0 Å². The van der Waals surface area contributed by atoms with E-state index in [1.165, 1.54) is 0 Å². The van der Waals surface area contributed by atoms with Crippen molar-refractivity contribution in [1.82, 2.24) is 4.57 Å². The molecule has 0 aliphatic carbocycles. The Morgan fingerprint density at radius 2 is 2.14 bits per heavy atom. The lowest BCUT2D eigenvalue weighted by Gasteiger charge is -1.96. The average Bonchev–Trinajstić information content (AvgIpc) is 2.43. The summed E-state index contributed by atoms with van der Waals surface area (Å²) in [6, 6.07) is 5.43. The molecule has 0 aliphatic heterocycles. The van der Waals surface area contributed by atoms with Crippen LogP contribution in [-0.4, -0.2) is 10.5 Å². The van der Waals surface area contributed by atoms with Crippen molar-refractivity contribution >= 4 is 22.5 Å². The minimum atomic E-state index is -0.429. The molecule has 2 aromatic rings. The molecule has 1 heterocycles. The lowest BCUT2D eigenvalue weighted by atomic mass is 10.1. The number of carbonyl (C=O) groups is 1. The number of nitrogens with two attached hydrogens (primary N) is 2. The number of nitrogen functional groups attached to an aromatic ring is 1. The summed E-state index contributed by atoms with van der Waals surface area (Å²) >= 11 is 0. The number of hydrogen-bond donors (Lipinski definition) is 2. The van der Waals surface area contributed by atoms with Crippen molar-refractivity contribution in [2.24, 2.45) is 12.8 Å². The van der Waals surface area contributed by atoms with Crippen LogP contribution in [0.4, 0.5) is 5.69 Å². The lowest BCUT2D eigenvalue weighted by molar-refractivity contribution is 0.100. The van der Waals surface area contributed by atoms with Crippen LogP contribution in [0.1, 0.15) is 10.4 Å². The van der Waals surface area contributed by atoms with Crippen LogP contribution in [0.15, 0.2) is 24.4 Å². The van der Waals surface area contributed by atoms with E-state index < -0.39 is 5.91 Å². The van der Waals surface area contributed by atoms with Gasteiger partial charge in [0.2, 0.25) is 0 Å². The molecule has 0 saturated heterocycles. The first kappa shape index (κ1) is 8.62. The van der Waals surface area contributed by atoms with Crippen LogP contribution >= 0.6 is 0 Å². The third-order valence-electron chi connectivity index (χ3n) is 2.28. The summed E-state index contributed by atoms with van der Waals surface area (Å²) in [6.45, 7) is 0. The van der Waals surface area contributed by atoms with E-state index >= 15 is 0 Å². The quantitative estimate of drug-likeness (QED) is 0.653.